The Morgan fingerprint density at radius 1 is 1.35 bits per heavy atom. The Bertz CT molecular complexity index is 291. The summed E-state index contributed by atoms with van der Waals surface area (Å²) in [4.78, 5) is 2.31. The average Bonchev–Trinajstić information content (AvgIpc) is 2.27. The Labute approximate surface area is 125 Å². The van der Waals surface area contributed by atoms with Gasteiger partial charge in [-0.05, 0) is 37.5 Å². The second kappa shape index (κ2) is 7.36. The molecular formula is C15H33NO3Si. The lowest BCUT2D eigenvalue weighted by Crippen LogP contribution is -2.50. The van der Waals surface area contributed by atoms with Crippen molar-refractivity contribution in [2.24, 2.45) is 0 Å². The first-order valence-electron chi connectivity index (χ1n) is 7.73. The van der Waals surface area contributed by atoms with E-state index in [-0.39, 0.29) is 5.04 Å². The van der Waals surface area contributed by atoms with Crippen molar-refractivity contribution < 1.29 is 14.3 Å². The topological polar surface area (TPSA) is 41.9 Å². The van der Waals surface area contributed by atoms with Gasteiger partial charge in [-0.3, -0.25) is 4.90 Å². The summed E-state index contributed by atoms with van der Waals surface area (Å²) in [5.74, 6) is 0. The molecule has 1 rings (SSSR count). The van der Waals surface area contributed by atoms with Crippen LogP contribution < -0.4 is 0 Å². The monoisotopic (exact) mass is 303 g/mol. The molecule has 0 radical (unpaired) electrons. The quantitative estimate of drug-likeness (QED) is 0.766. The number of aliphatic hydroxyl groups excluding tert-OH is 1. The molecule has 120 valence electrons. The molecule has 4 nitrogen and oxygen atoms in total. The molecule has 1 aliphatic rings. The summed E-state index contributed by atoms with van der Waals surface area (Å²) < 4.78 is 11.5. The lowest BCUT2D eigenvalue weighted by Gasteiger charge is -2.42. The third kappa shape index (κ3) is 5.45. The Morgan fingerprint density at radius 3 is 2.55 bits per heavy atom. The van der Waals surface area contributed by atoms with Gasteiger partial charge in [0.1, 0.15) is 0 Å². The van der Waals surface area contributed by atoms with Crippen molar-refractivity contribution in [3.05, 3.63) is 0 Å². The number of hydrogen-bond acceptors (Lipinski definition) is 4. The van der Waals surface area contributed by atoms with Gasteiger partial charge in [-0.15, -0.1) is 0 Å². The molecule has 0 aromatic carbocycles. The highest BCUT2D eigenvalue weighted by Gasteiger charge is 2.39. The molecule has 1 aliphatic heterocycles. The predicted molar refractivity (Wildman–Crippen MR) is 85.6 cm³/mol. The van der Waals surface area contributed by atoms with Crippen LogP contribution in [0.15, 0.2) is 0 Å². The van der Waals surface area contributed by atoms with Crippen LogP contribution in [0.3, 0.4) is 0 Å². The maximum absolute atomic E-state index is 9.85. The zero-order chi connectivity index (χ0) is 15.4. The van der Waals surface area contributed by atoms with Crippen LogP contribution in [0.4, 0.5) is 0 Å². The van der Waals surface area contributed by atoms with Crippen molar-refractivity contribution in [3.8, 4) is 0 Å². The minimum absolute atomic E-state index is 0.255. The molecule has 0 bridgehead atoms. The second-order valence-electron chi connectivity index (χ2n) is 7.51. The summed E-state index contributed by atoms with van der Waals surface area (Å²) in [5, 5.41) is 10.1. The van der Waals surface area contributed by atoms with Crippen molar-refractivity contribution in [2.75, 3.05) is 33.4 Å². The average molecular weight is 304 g/mol. The number of β-amino-alcohol motifs (C(OH)–C–C–N with tert-alkyl or cyclic N) is 1. The highest BCUT2D eigenvalue weighted by Crippen LogP contribution is 2.38. The molecular weight excluding hydrogens is 270 g/mol. The predicted octanol–water partition coefficient (Wildman–Crippen LogP) is 2.48. The van der Waals surface area contributed by atoms with Crippen molar-refractivity contribution >= 4 is 8.32 Å². The van der Waals surface area contributed by atoms with Crippen LogP contribution in [0.2, 0.25) is 18.1 Å². The number of methoxy groups -OCH3 is 1. The molecule has 1 heterocycles. The van der Waals surface area contributed by atoms with Gasteiger partial charge < -0.3 is 14.3 Å². The van der Waals surface area contributed by atoms with Crippen LogP contribution in [0.1, 0.15) is 33.6 Å². The number of hydrogen-bond donors (Lipinski definition) is 1. The summed E-state index contributed by atoms with van der Waals surface area (Å²) in [7, 11) is -0.0631. The second-order valence-corrected chi connectivity index (χ2v) is 12.3. The lowest BCUT2D eigenvalue weighted by molar-refractivity contribution is 0.0123. The van der Waals surface area contributed by atoms with Crippen LogP contribution in [-0.2, 0) is 9.16 Å². The largest absolute Gasteiger partial charge is 0.413 e. The van der Waals surface area contributed by atoms with Gasteiger partial charge in [-0.1, -0.05) is 20.8 Å². The summed E-state index contributed by atoms with van der Waals surface area (Å²) >= 11 is 0. The SMILES string of the molecule is COC[C@H](O)CN1CCCC(O[Si](C)(C)C(C)(C)C)C1. The molecule has 5 heteroatoms. The summed E-state index contributed by atoms with van der Waals surface area (Å²) in [5.41, 5.74) is 0. The first kappa shape index (κ1) is 18.1. The van der Waals surface area contributed by atoms with E-state index in [0.29, 0.717) is 19.3 Å². The number of nitrogens with zero attached hydrogens (tertiary/aromatic N) is 1. The molecule has 1 unspecified atom stereocenters. The fourth-order valence-corrected chi connectivity index (χ4v) is 3.79. The maximum Gasteiger partial charge on any atom is 0.192 e. The molecule has 0 spiro atoms. The number of ether oxygens (including phenoxy) is 1. The van der Waals surface area contributed by atoms with E-state index in [2.05, 4.69) is 38.8 Å². The van der Waals surface area contributed by atoms with E-state index in [9.17, 15) is 5.11 Å². The zero-order valence-electron chi connectivity index (χ0n) is 14.1. The van der Waals surface area contributed by atoms with Crippen LogP contribution in [0.25, 0.3) is 0 Å². The maximum atomic E-state index is 9.85. The summed E-state index contributed by atoms with van der Waals surface area (Å²) in [6.07, 6.45) is 2.22. The van der Waals surface area contributed by atoms with Crippen molar-refractivity contribution in [1.82, 2.24) is 4.90 Å². The fraction of sp³-hybridized carbons (Fsp3) is 1.00. The van der Waals surface area contributed by atoms with E-state index < -0.39 is 14.4 Å². The van der Waals surface area contributed by atoms with Gasteiger partial charge in [-0.2, -0.15) is 0 Å². The Kier molecular flexibility index (Phi) is 6.66. The van der Waals surface area contributed by atoms with Gasteiger partial charge in [-0.25, -0.2) is 0 Å². The zero-order valence-corrected chi connectivity index (χ0v) is 15.1. The third-order valence-electron chi connectivity index (χ3n) is 4.56. The van der Waals surface area contributed by atoms with E-state index in [1.54, 1.807) is 7.11 Å². The number of rotatable bonds is 6. The van der Waals surface area contributed by atoms with Gasteiger partial charge >= 0.3 is 0 Å². The molecule has 1 saturated heterocycles. The number of aliphatic hydroxyl groups is 1. The molecule has 0 aliphatic carbocycles. The molecule has 2 atom stereocenters. The fourth-order valence-electron chi connectivity index (χ4n) is 2.41. The number of likely N-dealkylation sites (tertiary alicyclic amines) is 1. The highest BCUT2D eigenvalue weighted by atomic mass is 28.4. The minimum atomic E-state index is -1.69. The van der Waals surface area contributed by atoms with Crippen LogP contribution in [0.5, 0.6) is 0 Å². The summed E-state index contributed by atoms with van der Waals surface area (Å²) in [6.45, 7) is 14.5. The first-order chi connectivity index (χ1) is 9.15. The van der Waals surface area contributed by atoms with Crippen LogP contribution >= 0.6 is 0 Å². The summed E-state index contributed by atoms with van der Waals surface area (Å²) in [6, 6.07) is 0. The Balaban J connectivity index is 2.49. The van der Waals surface area contributed by atoms with Gasteiger partial charge in [0.25, 0.3) is 0 Å². The first-order valence-corrected chi connectivity index (χ1v) is 10.6. The molecule has 0 amide bonds. The molecule has 1 N–H and O–H groups in total. The standard InChI is InChI=1S/C15H33NO3Si/c1-15(2,3)20(5,6)19-14-8-7-9-16(11-14)10-13(17)12-18-4/h13-14,17H,7-12H2,1-6H3/t13-,14?/m1/s1. The van der Waals surface area contributed by atoms with E-state index in [1.165, 1.54) is 0 Å². The molecule has 0 aromatic heterocycles. The van der Waals surface area contributed by atoms with E-state index in [0.717, 1.165) is 25.9 Å². The van der Waals surface area contributed by atoms with Gasteiger partial charge in [0.15, 0.2) is 8.32 Å². The normalized spacial score (nSPS) is 23.9. The van der Waals surface area contributed by atoms with E-state index >= 15 is 0 Å². The molecule has 0 aromatic rings. The minimum Gasteiger partial charge on any atom is -0.413 e. The smallest absolute Gasteiger partial charge is 0.192 e. The molecule has 20 heavy (non-hydrogen) atoms. The van der Waals surface area contributed by atoms with E-state index in [4.69, 9.17) is 9.16 Å². The Hall–Kier alpha value is 0.0569. The molecule has 1 fully saturated rings. The van der Waals surface area contributed by atoms with Crippen LogP contribution in [0, 0.1) is 0 Å². The van der Waals surface area contributed by atoms with E-state index in [1.807, 2.05) is 0 Å². The third-order valence-corrected chi connectivity index (χ3v) is 9.09. The van der Waals surface area contributed by atoms with Gasteiger partial charge in [0.05, 0.1) is 18.8 Å². The highest BCUT2D eigenvalue weighted by molar-refractivity contribution is 6.74. The Morgan fingerprint density at radius 2 is 2.00 bits per heavy atom. The lowest BCUT2D eigenvalue weighted by atomic mass is 10.1. The van der Waals surface area contributed by atoms with Crippen molar-refractivity contribution in [2.45, 2.75) is 64.0 Å². The number of piperidine rings is 1. The van der Waals surface area contributed by atoms with Crippen LogP contribution in [-0.4, -0.2) is 63.9 Å². The van der Waals surface area contributed by atoms with Crippen molar-refractivity contribution in [3.63, 3.8) is 0 Å². The van der Waals surface area contributed by atoms with Gasteiger partial charge in [0, 0.05) is 20.2 Å². The van der Waals surface area contributed by atoms with Gasteiger partial charge in [0.2, 0.25) is 0 Å². The molecule has 0 saturated carbocycles. The van der Waals surface area contributed by atoms with Crippen molar-refractivity contribution in [1.29, 1.82) is 0 Å².